The van der Waals surface area contributed by atoms with E-state index in [9.17, 15) is 33.6 Å². The molecule has 83 heavy (non-hydrogen) atoms. The van der Waals surface area contributed by atoms with Gasteiger partial charge in [-0.2, -0.15) is 0 Å². The molecule has 0 aliphatic carbocycles. The molecular formula is C61H62F3N9O9S. The maximum Gasteiger partial charge on any atom is 0.358 e. The van der Waals surface area contributed by atoms with Crippen LogP contribution in [0.4, 0.5) is 29.8 Å². The summed E-state index contributed by atoms with van der Waals surface area (Å²) >= 11 is 1.41. The highest BCUT2D eigenvalue weighted by atomic mass is 32.1. The number of pyridine rings is 1. The number of esters is 1. The molecular weight excluding hydrogens is 1090 g/mol. The van der Waals surface area contributed by atoms with E-state index in [4.69, 9.17) is 14.5 Å². The lowest BCUT2D eigenvalue weighted by Gasteiger charge is -2.40. The molecule has 18 nitrogen and oxygen atoms in total. The van der Waals surface area contributed by atoms with E-state index in [1.54, 1.807) is 48.8 Å². The number of hydrogen-bond donors (Lipinski definition) is 2. The Labute approximate surface area is 480 Å². The van der Waals surface area contributed by atoms with Crippen molar-refractivity contribution in [3.8, 4) is 16.9 Å². The van der Waals surface area contributed by atoms with Crippen molar-refractivity contribution in [1.29, 1.82) is 0 Å². The summed E-state index contributed by atoms with van der Waals surface area (Å²) in [5.74, 6) is -7.80. The minimum atomic E-state index is -3.08. The molecule has 6 aromatic rings. The van der Waals surface area contributed by atoms with Crippen LogP contribution < -0.4 is 25.2 Å². The summed E-state index contributed by atoms with van der Waals surface area (Å²) in [5, 5.41) is 5.63. The number of likely N-dealkylation sites (tertiary alicyclic amines) is 1. The Morgan fingerprint density at radius 3 is 2.33 bits per heavy atom. The number of ether oxygens (including phenoxy) is 2. The SMILES string of the molecule is Cc1c(OCCC[C@@H]2CCN(CC(=O)N3CCN(c4cc5c(cc4F)C(=O)N(C4CCC(=O)NC4=O)C5=O)CC3)CC2(F)F)cccc1-c1ccc(N2CCc3cccc(C(=O)Nc4nc5ccccc5s4)c3C2)nc1C(=O)OC(C)(C)C. The highest BCUT2D eigenvalue weighted by Gasteiger charge is 2.47. The van der Waals surface area contributed by atoms with Gasteiger partial charge in [0.15, 0.2) is 10.8 Å². The molecule has 22 heteroatoms. The highest BCUT2D eigenvalue weighted by Crippen LogP contribution is 2.39. The number of carbonyl (C=O) groups excluding carboxylic acids is 7. The summed E-state index contributed by atoms with van der Waals surface area (Å²) in [6, 6.07) is 23.6. The first-order valence-electron chi connectivity index (χ1n) is 27.9. The highest BCUT2D eigenvalue weighted by molar-refractivity contribution is 7.22. The molecule has 432 valence electrons. The van der Waals surface area contributed by atoms with Crippen molar-refractivity contribution in [1.82, 2.24) is 30.0 Å². The zero-order valence-electron chi connectivity index (χ0n) is 46.4. The van der Waals surface area contributed by atoms with Crippen LogP contribution in [0.5, 0.6) is 5.75 Å². The van der Waals surface area contributed by atoms with Crippen LogP contribution in [0.15, 0.2) is 84.9 Å². The number of fused-ring (bicyclic) bond motifs is 3. The van der Waals surface area contributed by atoms with Crippen molar-refractivity contribution in [3.05, 3.63) is 130 Å². The summed E-state index contributed by atoms with van der Waals surface area (Å²) in [6.07, 6.45) is 1.25. The number of anilines is 3. The van der Waals surface area contributed by atoms with E-state index in [0.717, 1.165) is 37.9 Å². The normalized spacial score (nSPS) is 19.2. The third-order valence-corrected chi connectivity index (χ3v) is 17.0. The number of amides is 6. The van der Waals surface area contributed by atoms with Gasteiger partial charge < -0.3 is 24.2 Å². The van der Waals surface area contributed by atoms with Gasteiger partial charge in [-0.25, -0.2) is 27.9 Å². The number of hydrogen-bond acceptors (Lipinski definition) is 15. The van der Waals surface area contributed by atoms with Gasteiger partial charge in [-0.15, -0.1) is 0 Å². The van der Waals surface area contributed by atoms with Gasteiger partial charge in [0.05, 0.1) is 46.7 Å². The van der Waals surface area contributed by atoms with Gasteiger partial charge >= 0.3 is 5.97 Å². The molecule has 11 rings (SSSR count). The molecule has 0 spiro atoms. The average Bonchev–Trinajstić information content (AvgIpc) is 2.55. The third-order valence-electron chi connectivity index (χ3n) is 16.0. The lowest BCUT2D eigenvalue weighted by molar-refractivity contribution is -0.140. The number of rotatable bonds is 14. The molecule has 3 fully saturated rings. The molecule has 5 aliphatic rings. The second-order valence-electron chi connectivity index (χ2n) is 22.7. The molecule has 2 N–H and O–H groups in total. The van der Waals surface area contributed by atoms with Crippen molar-refractivity contribution in [3.63, 3.8) is 0 Å². The summed E-state index contributed by atoms with van der Waals surface area (Å²) in [4.78, 5) is 109. The molecule has 6 amide bonds. The first-order chi connectivity index (χ1) is 39.7. The van der Waals surface area contributed by atoms with Crippen molar-refractivity contribution in [2.24, 2.45) is 5.92 Å². The number of piperazine rings is 1. The number of nitrogens with one attached hydrogen (secondary N) is 2. The van der Waals surface area contributed by atoms with Gasteiger partial charge in [-0.05, 0) is 137 Å². The Kier molecular flexibility index (Phi) is 15.6. The number of thiazole rings is 1. The van der Waals surface area contributed by atoms with E-state index in [0.29, 0.717) is 65.9 Å². The van der Waals surface area contributed by atoms with Crippen LogP contribution in [0.25, 0.3) is 21.3 Å². The van der Waals surface area contributed by atoms with Gasteiger partial charge in [-0.3, -0.25) is 49.2 Å². The van der Waals surface area contributed by atoms with Crippen LogP contribution in [0.2, 0.25) is 0 Å². The molecule has 4 aromatic carbocycles. The van der Waals surface area contributed by atoms with E-state index in [-0.39, 0.29) is 99.3 Å². The number of aromatic nitrogens is 2. The van der Waals surface area contributed by atoms with E-state index >= 15 is 13.2 Å². The maximum atomic E-state index is 15.8. The van der Waals surface area contributed by atoms with Crippen molar-refractivity contribution in [2.45, 2.75) is 90.3 Å². The van der Waals surface area contributed by atoms with Gasteiger partial charge in [0.25, 0.3) is 23.6 Å². The predicted octanol–water partition coefficient (Wildman–Crippen LogP) is 8.44. The molecule has 7 heterocycles. The van der Waals surface area contributed by atoms with Crippen molar-refractivity contribution >= 4 is 79.6 Å². The number of alkyl halides is 2. The van der Waals surface area contributed by atoms with E-state index < -0.39 is 65.4 Å². The average molecular weight is 1150 g/mol. The molecule has 2 aromatic heterocycles. The van der Waals surface area contributed by atoms with Crippen LogP contribution >= 0.6 is 11.3 Å². The summed E-state index contributed by atoms with van der Waals surface area (Å²) in [5.41, 5.74) is 4.25. The maximum absolute atomic E-state index is 15.8. The smallest absolute Gasteiger partial charge is 0.358 e. The molecule has 2 atom stereocenters. The third kappa shape index (κ3) is 11.8. The number of imide groups is 2. The van der Waals surface area contributed by atoms with Gasteiger partial charge in [-0.1, -0.05) is 47.7 Å². The van der Waals surface area contributed by atoms with Gasteiger partial charge in [0.1, 0.15) is 29.0 Å². The zero-order chi connectivity index (χ0) is 58.5. The van der Waals surface area contributed by atoms with Crippen LogP contribution in [0.3, 0.4) is 0 Å². The molecule has 1 unspecified atom stereocenters. The first-order valence-corrected chi connectivity index (χ1v) is 28.7. The van der Waals surface area contributed by atoms with Gasteiger partial charge in [0.2, 0.25) is 17.7 Å². The summed E-state index contributed by atoms with van der Waals surface area (Å²) in [6.45, 7) is 8.52. The Morgan fingerprint density at radius 2 is 1.58 bits per heavy atom. The number of nitrogens with zero attached hydrogens (tertiary/aromatic N) is 7. The number of halogens is 3. The van der Waals surface area contributed by atoms with E-state index in [2.05, 4.69) is 15.6 Å². The predicted molar refractivity (Wildman–Crippen MR) is 304 cm³/mol. The van der Waals surface area contributed by atoms with Crippen LogP contribution in [0, 0.1) is 18.7 Å². The molecule has 0 bridgehead atoms. The number of piperidine rings is 2. The summed E-state index contributed by atoms with van der Waals surface area (Å²) < 4.78 is 60.4. The summed E-state index contributed by atoms with van der Waals surface area (Å²) in [7, 11) is 0. The Hall–Kier alpha value is -8.24. The van der Waals surface area contributed by atoms with Crippen molar-refractivity contribution in [2.75, 3.05) is 74.1 Å². The van der Waals surface area contributed by atoms with E-state index in [1.807, 2.05) is 66.4 Å². The zero-order valence-corrected chi connectivity index (χ0v) is 47.2. The fourth-order valence-electron chi connectivity index (χ4n) is 11.7. The number of carbonyl (C=O) groups is 7. The molecule has 0 saturated carbocycles. The minimum absolute atomic E-state index is 0.0386. The lowest BCUT2D eigenvalue weighted by atomic mass is 9.88. The van der Waals surface area contributed by atoms with E-state index in [1.165, 1.54) is 22.3 Å². The molecule has 0 radical (unpaired) electrons. The largest absolute Gasteiger partial charge is 0.493 e. The van der Waals surface area contributed by atoms with Crippen molar-refractivity contribution < 1.29 is 56.2 Å². The topological polar surface area (TPSA) is 204 Å². The second-order valence-corrected chi connectivity index (χ2v) is 23.7. The monoisotopic (exact) mass is 1150 g/mol. The standard InChI is InChI=1S/C61H62F3N9O9S/c1-35-38(39-17-19-50(66-53(39)58(80)82-60(2,3)4)72-24-21-36-10-7-13-40(43(36)32-72)54(76)68-59-65-45-14-5-6-16-49(45)83-59)12-8-15-48(35)81-29-9-11-37-22-23-69(34-61(37,63)64)33-52(75)71-27-25-70(26-28-71)47-31-42-41(30-44(47)62)56(78)73(57(42)79)46-18-20-51(74)67-55(46)77/h5-8,10,12-17,19,30-31,37,46H,9,11,18,20-29,32-34H2,1-4H3,(H,65,68,76)(H,67,74,77)/t37-,46?/m1/s1. The minimum Gasteiger partial charge on any atom is -0.493 e. The van der Waals surface area contributed by atoms with Crippen LogP contribution in [0.1, 0.15) is 111 Å². The fourth-order valence-corrected chi connectivity index (χ4v) is 12.6. The first kappa shape index (κ1) is 56.6. The number of benzene rings is 4. The molecule has 3 saturated heterocycles. The van der Waals surface area contributed by atoms with Gasteiger partial charge in [0, 0.05) is 62.7 Å². The van der Waals surface area contributed by atoms with Crippen LogP contribution in [-0.2, 0) is 32.1 Å². The van der Waals surface area contributed by atoms with Crippen LogP contribution in [-0.4, -0.2) is 143 Å². The Morgan fingerprint density at radius 1 is 0.819 bits per heavy atom. The quantitative estimate of drug-likeness (QED) is 0.0597. The molecule has 5 aliphatic heterocycles. The Bertz CT molecular complexity index is 3580. The fraction of sp³-hybridized carbons (Fsp3) is 0.393. The Balaban J connectivity index is 0.682. The lowest BCUT2D eigenvalue weighted by Crippen LogP contribution is -2.54. The second kappa shape index (κ2) is 22.8. The number of para-hydroxylation sites is 1.